The molecule has 0 atom stereocenters. The first kappa shape index (κ1) is 21.5. The van der Waals surface area contributed by atoms with Crippen molar-refractivity contribution in [2.24, 2.45) is 0 Å². The van der Waals surface area contributed by atoms with Crippen LogP contribution in [0, 0.1) is 6.92 Å². The quantitative estimate of drug-likeness (QED) is 0.318. The van der Waals surface area contributed by atoms with Crippen LogP contribution in [-0.2, 0) is 0 Å². The monoisotopic (exact) mass is 560 g/mol. The summed E-state index contributed by atoms with van der Waals surface area (Å²) in [5.41, 5.74) is 3.08. The Kier molecular flexibility index (Phi) is 6.84. The SMILES string of the molecule is Cc1ccc[c]([SnH2][Ge]([c]2ccccc2)([c]2ccccc2)[c]2ccccc2)c1C(C)C. The summed E-state index contributed by atoms with van der Waals surface area (Å²) < 4.78 is 6.56. The first-order valence-electron chi connectivity index (χ1n) is 10.9. The molecule has 150 valence electrons. The fourth-order valence-electron chi connectivity index (χ4n) is 4.98. The minimum atomic E-state index is -2.76. The molecular weight excluding hydrogens is 528 g/mol. The van der Waals surface area contributed by atoms with Gasteiger partial charge in [0, 0.05) is 0 Å². The Morgan fingerprint density at radius 1 is 0.567 bits per heavy atom. The van der Waals surface area contributed by atoms with Gasteiger partial charge in [0.2, 0.25) is 0 Å². The van der Waals surface area contributed by atoms with E-state index >= 15 is 0 Å². The van der Waals surface area contributed by atoms with Crippen molar-refractivity contribution in [2.75, 3.05) is 0 Å². The summed E-state index contributed by atoms with van der Waals surface area (Å²) in [6.45, 7) is 7.02. The van der Waals surface area contributed by atoms with Gasteiger partial charge in [-0.2, -0.15) is 0 Å². The molecule has 4 rings (SSSR count). The average Bonchev–Trinajstić information content (AvgIpc) is 2.79. The standard InChI is InChI=1S/C18H15Ge.C10H13.Sn.2H/c1-4-10-16(11-5-1)19(17-12-6-2-7-13-17)18-14-8-3-9-15-18;1-8(2)10-7-5-4-6-9(10)3;;;/h1-15H;4-6,8H,1-3H3;;;. The molecule has 0 nitrogen and oxygen atoms in total. The third-order valence-corrected chi connectivity index (χ3v) is 49.9. The van der Waals surface area contributed by atoms with Crippen LogP contribution in [0.3, 0.4) is 0 Å². The molecule has 0 spiro atoms. The molecule has 2 heteroatoms. The van der Waals surface area contributed by atoms with Gasteiger partial charge in [-0.25, -0.2) is 0 Å². The van der Waals surface area contributed by atoms with Gasteiger partial charge in [0.25, 0.3) is 0 Å². The van der Waals surface area contributed by atoms with Crippen molar-refractivity contribution >= 4 is 45.5 Å². The Bertz CT molecular complexity index is 993. The van der Waals surface area contributed by atoms with Gasteiger partial charge in [-0.1, -0.05) is 0 Å². The number of hydrogen-bond donors (Lipinski definition) is 0. The van der Waals surface area contributed by atoms with E-state index in [4.69, 9.17) is 0 Å². The Labute approximate surface area is 191 Å². The van der Waals surface area contributed by atoms with Crippen molar-refractivity contribution < 1.29 is 0 Å². The molecule has 0 radical (unpaired) electrons. The molecule has 0 aliphatic heterocycles. The summed E-state index contributed by atoms with van der Waals surface area (Å²) in [5.74, 6) is 0.570. The molecule has 0 fully saturated rings. The second-order valence-electron chi connectivity index (χ2n) is 8.48. The first-order chi connectivity index (χ1) is 14.6. The van der Waals surface area contributed by atoms with Gasteiger partial charge in [-0.3, -0.25) is 0 Å². The summed E-state index contributed by atoms with van der Waals surface area (Å²) in [6, 6.07) is 41.5. The van der Waals surface area contributed by atoms with E-state index in [1.165, 1.54) is 5.56 Å². The Morgan fingerprint density at radius 2 is 1.00 bits per heavy atom. The van der Waals surface area contributed by atoms with Crippen molar-refractivity contribution in [1.29, 1.82) is 0 Å². The van der Waals surface area contributed by atoms with E-state index in [1.54, 1.807) is 22.3 Å². The summed E-state index contributed by atoms with van der Waals surface area (Å²) in [6.07, 6.45) is 0. The predicted octanol–water partition coefficient (Wildman–Crippen LogP) is 3.58. The Morgan fingerprint density at radius 3 is 1.40 bits per heavy atom. The molecular formula is C28H30GeSn. The Balaban J connectivity index is 2.03. The maximum atomic E-state index is 2.47. The molecule has 0 saturated heterocycles. The van der Waals surface area contributed by atoms with Gasteiger partial charge in [0.15, 0.2) is 0 Å². The molecule has 0 bridgehead atoms. The van der Waals surface area contributed by atoms with Gasteiger partial charge in [-0.05, 0) is 0 Å². The third-order valence-electron chi connectivity index (χ3n) is 6.25. The summed E-state index contributed by atoms with van der Waals surface area (Å²) in [4.78, 5) is 0. The first-order valence-corrected chi connectivity index (χ1v) is 28.0. The van der Waals surface area contributed by atoms with Crippen molar-refractivity contribution in [2.45, 2.75) is 26.7 Å². The van der Waals surface area contributed by atoms with Crippen molar-refractivity contribution in [1.82, 2.24) is 0 Å². The summed E-state index contributed by atoms with van der Waals surface area (Å²) in [7, 11) is -2.76. The molecule has 4 aromatic rings. The van der Waals surface area contributed by atoms with Crippen LogP contribution in [0.15, 0.2) is 109 Å². The fourth-order valence-corrected chi connectivity index (χ4v) is 50.0. The topological polar surface area (TPSA) is 0 Å². The molecule has 0 heterocycles. The molecule has 4 aromatic carbocycles. The third kappa shape index (κ3) is 4.17. The van der Waals surface area contributed by atoms with E-state index in [-0.39, 0.29) is 0 Å². The molecule has 0 amide bonds. The zero-order valence-corrected chi connectivity index (χ0v) is 24.3. The molecule has 0 saturated carbocycles. The maximum absolute atomic E-state index is 2.76. The van der Waals surface area contributed by atoms with Crippen LogP contribution in [0.5, 0.6) is 0 Å². The van der Waals surface area contributed by atoms with Gasteiger partial charge < -0.3 is 0 Å². The van der Waals surface area contributed by atoms with E-state index in [9.17, 15) is 0 Å². The van der Waals surface area contributed by atoms with E-state index in [0.29, 0.717) is 5.92 Å². The van der Waals surface area contributed by atoms with Crippen LogP contribution in [0.25, 0.3) is 0 Å². The van der Waals surface area contributed by atoms with Gasteiger partial charge in [0.1, 0.15) is 0 Å². The van der Waals surface area contributed by atoms with Gasteiger partial charge in [0.05, 0.1) is 0 Å². The molecule has 0 N–H and O–H groups in total. The van der Waals surface area contributed by atoms with E-state index < -0.39 is 28.7 Å². The number of rotatable bonds is 6. The second kappa shape index (κ2) is 9.57. The van der Waals surface area contributed by atoms with Crippen molar-refractivity contribution in [3.8, 4) is 0 Å². The van der Waals surface area contributed by atoms with Crippen LogP contribution in [-0.4, -0.2) is 28.7 Å². The molecule has 0 aromatic heterocycles. The van der Waals surface area contributed by atoms with Crippen molar-refractivity contribution in [3.63, 3.8) is 0 Å². The van der Waals surface area contributed by atoms with Crippen LogP contribution < -0.4 is 16.8 Å². The van der Waals surface area contributed by atoms with E-state index in [0.717, 1.165) is 0 Å². The molecule has 0 unspecified atom stereocenters. The van der Waals surface area contributed by atoms with Gasteiger partial charge in [-0.15, -0.1) is 0 Å². The summed E-state index contributed by atoms with van der Waals surface area (Å²) >= 11 is -1.49. The minimum absolute atomic E-state index is 0.570. The van der Waals surface area contributed by atoms with Crippen LogP contribution in [0.1, 0.15) is 30.9 Å². The Hall–Kier alpha value is -1.78. The fraction of sp³-hybridized carbons (Fsp3) is 0.143. The molecule has 0 aliphatic rings. The second-order valence-corrected chi connectivity index (χ2v) is 39.8. The predicted molar refractivity (Wildman–Crippen MR) is 137 cm³/mol. The zero-order valence-electron chi connectivity index (χ0n) is 18.2. The average molecular weight is 558 g/mol. The number of hydrogen-bond acceptors (Lipinski definition) is 0. The van der Waals surface area contributed by atoms with Gasteiger partial charge >= 0.3 is 193 Å². The normalized spacial score (nSPS) is 12.0. The van der Waals surface area contributed by atoms with Crippen molar-refractivity contribution in [3.05, 3.63) is 120 Å². The van der Waals surface area contributed by atoms with Crippen LogP contribution in [0.2, 0.25) is 0 Å². The van der Waals surface area contributed by atoms with E-state index in [2.05, 4.69) is 130 Å². The number of benzene rings is 4. The molecule has 0 aliphatic carbocycles. The summed E-state index contributed by atoms with van der Waals surface area (Å²) in [5, 5.41) is 0. The van der Waals surface area contributed by atoms with E-state index in [1.807, 2.05) is 0 Å². The zero-order chi connectivity index (χ0) is 21.0. The van der Waals surface area contributed by atoms with Crippen LogP contribution >= 0.6 is 0 Å². The number of aryl methyl sites for hydroxylation is 1. The van der Waals surface area contributed by atoms with Crippen LogP contribution in [0.4, 0.5) is 0 Å². The molecule has 30 heavy (non-hydrogen) atoms.